The number of rotatable bonds is 1. The van der Waals surface area contributed by atoms with E-state index in [1.807, 2.05) is 7.05 Å². The Morgan fingerprint density at radius 3 is 2.17 bits per heavy atom. The molecule has 0 aromatic heterocycles. The molecule has 0 N–H and O–H groups in total. The van der Waals surface area contributed by atoms with E-state index in [9.17, 15) is 0 Å². The summed E-state index contributed by atoms with van der Waals surface area (Å²) in [6.45, 7) is 2.09. The van der Waals surface area contributed by atoms with Crippen LogP contribution >= 0.6 is 0 Å². The van der Waals surface area contributed by atoms with Gasteiger partial charge in [-0.05, 0) is 0 Å². The molecule has 0 spiro atoms. The topological polar surface area (TPSA) is 12.4 Å². The van der Waals surface area contributed by atoms with Gasteiger partial charge in [0.2, 0.25) is 0 Å². The molecule has 2 heteroatoms. The standard InChI is InChI=1S/C4H9NTe/c1-4(5-2)6-3/h1-3H3. The van der Waals surface area contributed by atoms with Crippen LogP contribution in [0.15, 0.2) is 4.99 Å². The van der Waals surface area contributed by atoms with Crippen LogP contribution in [-0.2, 0) is 0 Å². The maximum absolute atomic E-state index is 3.98. The summed E-state index contributed by atoms with van der Waals surface area (Å²) >= 11 is 0.152. The predicted molar refractivity (Wildman–Crippen MR) is 30.7 cm³/mol. The molecule has 6 heavy (non-hydrogen) atoms. The summed E-state index contributed by atoms with van der Waals surface area (Å²) in [5.74, 6) is 0. The van der Waals surface area contributed by atoms with E-state index in [0.717, 1.165) is 0 Å². The van der Waals surface area contributed by atoms with Crippen molar-refractivity contribution in [1.29, 1.82) is 0 Å². The molecule has 0 atom stereocenters. The molecule has 0 aromatic carbocycles. The molecule has 0 aliphatic rings. The number of aliphatic imine (C=N–C) groups is 1. The van der Waals surface area contributed by atoms with Gasteiger partial charge in [0.05, 0.1) is 0 Å². The van der Waals surface area contributed by atoms with Gasteiger partial charge in [-0.25, -0.2) is 0 Å². The van der Waals surface area contributed by atoms with Gasteiger partial charge in [0, 0.05) is 0 Å². The summed E-state index contributed by atoms with van der Waals surface area (Å²) < 4.78 is 1.35. The van der Waals surface area contributed by atoms with Crippen molar-refractivity contribution in [2.24, 2.45) is 4.99 Å². The summed E-state index contributed by atoms with van der Waals surface area (Å²) in [4.78, 5) is 6.21. The second-order valence-corrected chi connectivity index (χ2v) is 3.80. The zero-order chi connectivity index (χ0) is 4.99. The molecule has 0 rings (SSSR count). The average molecular weight is 199 g/mol. The Bertz CT molecular complexity index is 58.6. The third-order valence-corrected chi connectivity index (χ3v) is 2.82. The quantitative estimate of drug-likeness (QED) is 0.437. The first kappa shape index (κ1) is 6.46. The van der Waals surface area contributed by atoms with E-state index in [1.165, 1.54) is 3.76 Å². The van der Waals surface area contributed by atoms with Gasteiger partial charge in [0.15, 0.2) is 0 Å². The van der Waals surface area contributed by atoms with Gasteiger partial charge in [-0.2, -0.15) is 0 Å². The van der Waals surface area contributed by atoms with Crippen LogP contribution in [0.3, 0.4) is 0 Å². The number of hydrogen-bond acceptors (Lipinski definition) is 1. The van der Waals surface area contributed by atoms with Crippen molar-refractivity contribution >= 4 is 24.7 Å². The molecule has 1 nitrogen and oxygen atoms in total. The monoisotopic (exact) mass is 201 g/mol. The fourth-order valence-electron chi connectivity index (χ4n) is 0.0913. The average Bonchev–Trinajstić information content (AvgIpc) is 1.65. The Labute approximate surface area is 48.9 Å². The summed E-state index contributed by atoms with van der Waals surface area (Å²) in [6.07, 6.45) is 0. The fourth-order valence-corrected chi connectivity index (χ4v) is 0.612. The van der Waals surface area contributed by atoms with Gasteiger partial charge in [0.25, 0.3) is 0 Å². The molecule has 0 saturated carbocycles. The Kier molecular flexibility index (Phi) is 3.92. The zero-order valence-electron chi connectivity index (χ0n) is 4.36. The molecule has 0 heterocycles. The normalized spacial score (nSPS) is 12.2. The third kappa shape index (κ3) is 2.68. The zero-order valence-corrected chi connectivity index (χ0v) is 6.69. The van der Waals surface area contributed by atoms with Crippen molar-refractivity contribution in [3.8, 4) is 0 Å². The molecule has 0 fully saturated rings. The molecule has 0 radical (unpaired) electrons. The van der Waals surface area contributed by atoms with Crippen molar-refractivity contribution in [2.75, 3.05) is 7.05 Å². The van der Waals surface area contributed by atoms with E-state index in [2.05, 4.69) is 16.9 Å². The van der Waals surface area contributed by atoms with Crippen LogP contribution < -0.4 is 0 Å². The van der Waals surface area contributed by atoms with Crippen molar-refractivity contribution in [1.82, 2.24) is 0 Å². The van der Waals surface area contributed by atoms with Crippen LogP contribution in [-0.4, -0.2) is 31.7 Å². The molecule has 0 aliphatic carbocycles. The van der Waals surface area contributed by atoms with Gasteiger partial charge in [-0.15, -0.1) is 0 Å². The minimum atomic E-state index is 0.152. The molecule has 0 aliphatic heterocycles. The van der Waals surface area contributed by atoms with E-state index >= 15 is 0 Å². The Morgan fingerprint density at radius 1 is 1.67 bits per heavy atom. The van der Waals surface area contributed by atoms with Crippen LogP contribution in [0.4, 0.5) is 0 Å². The Morgan fingerprint density at radius 2 is 2.17 bits per heavy atom. The Balaban J connectivity index is 3.22. The van der Waals surface area contributed by atoms with Gasteiger partial charge in [-0.3, -0.25) is 0 Å². The fraction of sp³-hybridized carbons (Fsp3) is 0.750. The third-order valence-electron chi connectivity index (χ3n) is 0.610. The molecular formula is C4H9NTe. The molecule has 0 unspecified atom stereocenters. The van der Waals surface area contributed by atoms with Crippen LogP contribution in [0.1, 0.15) is 6.92 Å². The summed E-state index contributed by atoms with van der Waals surface area (Å²) in [7, 11) is 1.85. The summed E-state index contributed by atoms with van der Waals surface area (Å²) in [6, 6.07) is 0. The van der Waals surface area contributed by atoms with Crippen molar-refractivity contribution in [3.63, 3.8) is 0 Å². The molecule has 0 amide bonds. The van der Waals surface area contributed by atoms with E-state index in [1.54, 1.807) is 0 Å². The molecule has 0 saturated heterocycles. The second kappa shape index (κ2) is 3.64. The van der Waals surface area contributed by atoms with E-state index in [-0.39, 0.29) is 20.9 Å². The van der Waals surface area contributed by atoms with E-state index < -0.39 is 0 Å². The van der Waals surface area contributed by atoms with Crippen molar-refractivity contribution in [3.05, 3.63) is 0 Å². The van der Waals surface area contributed by atoms with Gasteiger partial charge in [-0.1, -0.05) is 0 Å². The van der Waals surface area contributed by atoms with Gasteiger partial charge in [0.1, 0.15) is 0 Å². The maximum atomic E-state index is 3.98. The van der Waals surface area contributed by atoms with Crippen LogP contribution in [0.25, 0.3) is 0 Å². The van der Waals surface area contributed by atoms with Gasteiger partial charge < -0.3 is 0 Å². The van der Waals surface area contributed by atoms with E-state index in [0.29, 0.717) is 0 Å². The summed E-state index contributed by atoms with van der Waals surface area (Å²) in [5.41, 5.74) is 0. The summed E-state index contributed by atoms with van der Waals surface area (Å²) in [5, 5.41) is 0. The SMILES string of the molecule is CN=C(C)[Te]C. The predicted octanol–water partition coefficient (Wildman–Crippen LogP) is 0.787. The Hall–Kier alpha value is 0.460. The van der Waals surface area contributed by atoms with E-state index in [4.69, 9.17) is 0 Å². The minimum absolute atomic E-state index is 0.152. The van der Waals surface area contributed by atoms with Crippen molar-refractivity contribution < 1.29 is 0 Å². The van der Waals surface area contributed by atoms with Crippen LogP contribution in [0.5, 0.6) is 0 Å². The van der Waals surface area contributed by atoms with Crippen molar-refractivity contribution in [2.45, 2.75) is 11.9 Å². The second-order valence-electron chi connectivity index (χ2n) is 0.947. The molecule has 0 bridgehead atoms. The molecule has 36 valence electrons. The molecular weight excluding hydrogens is 190 g/mol. The first-order chi connectivity index (χ1) is 2.81. The van der Waals surface area contributed by atoms with Crippen LogP contribution in [0.2, 0.25) is 4.97 Å². The number of hydrogen-bond donors (Lipinski definition) is 0. The molecule has 0 aromatic rings. The number of nitrogens with zero attached hydrogens (tertiary/aromatic N) is 1. The van der Waals surface area contributed by atoms with Gasteiger partial charge >= 0.3 is 48.6 Å². The van der Waals surface area contributed by atoms with Crippen LogP contribution in [0, 0.1) is 0 Å². The first-order valence-electron chi connectivity index (χ1n) is 1.78. The first-order valence-corrected chi connectivity index (χ1v) is 5.28.